The highest BCUT2D eigenvalue weighted by Gasteiger charge is 2.17. The van der Waals surface area contributed by atoms with Crippen LogP contribution in [-0.4, -0.2) is 9.97 Å². The van der Waals surface area contributed by atoms with Gasteiger partial charge >= 0.3 is 0 Å². The number of rotatable bonds is 5. The van der Waals surface area contributed by atoms with Crippen LogP contribution in [0.4, 0.5) is 11.6 Å². The second kappa shape index (κ2) is 7.45. The molecule has 25 heavy (non-hydrogen) atoms. The minimum absolute atomic E-state index is 0.467. The lowest BCUT2D eigenvalue weighted by Gasteiger charge is -2.13. The lowest BCUT2D eigenvalue weighted by molar-refractivity contribution is 0.645. The third kappa shape index (κ3) is 3.59. The number of fused-ring (bicyclic) bond motifs is 1. The Morgan fingerprint density at radius 2 is 1.80 bits per heavy atom. The molecule has 2 aromatic carbocycles. The van der Waals surface area contributed by atoms with Crippen LogP contribution < -0.4 is 5.32 Å². The van der Waals surface area contributed by atoms with Crippen LogP contribution in [0.5, 0.6) is 0 Å². The minimum atomic E-state index is 0.467. The number of H-pyrrole nitrogens is 1. The molecule has 0 aliphatic heterocycles. The second-order valence-corrected chi connectivity index (χ2v) is 7.41. The summed E-state index contributed by atoms with van der Waals surface area (Å²) in [7, 11) is 0. The van der Waals surface area contributed by atoms with Crippen molar-refractivity contribution in [2.24, 2.45) is 0 Å². The molecule has 0 bridgehead atoms. The van der Waals surface area contributed by atoms with E-state index in [2.05, 4.69) is 35.2 Å². The predicted molar refractivity (Wildman–Crippen MR) is 109 cm³/mol. The van der Waals surface area contributed by atoms with Crippen LogP contribution in [0.2, 0.25) is 15.1 Å². The number of aryl methyl sites for hydroxylation is 1. The van der Waals surface area contributed by atoms with E-state index in [4.69, 9.17) is 34.8 Å². The van der Waals surface area contributed by atoms with Crippen LogP contribution in [0.25, 0.3) is 11.0 Å². The first-order valence-electron chi connectivity index (χ1n) is 8.35. The molecule has 0 radical (unpaired) electrons. The Morgan fingerprint density at radius 1 is 1.08 bits per heavy atom. The van der Waals surface area contributed by atoms with E-state index in [9.17, 15) is 0 Å². The van der Waals surface area contributed by atoms with Gasteiger partial charge in [-0.2, -0.15) is 0 Å². The van der Waals surface area contributed by atoms with Crippen molar-refractivity contribution in [2.45, 2.75) is 39.5 Å². The molecule has 3 aromatic rings. The molecule has 0 aliphatic rings. The Bertz CT molecular complexity index is 891. The molecule has 3 nitrogen and oxygen atoms in total. The molecule has 3 rings (SSSR count). The van der Waals surface area contributed by atoms with Gasteiger partial charge in [-0.05, 0) is 55.0 Å². The summed E-state index contributed by atoms with van der Waals surface area (Å²) >= 11 is 18.7. The molecular weight excluding hydrogens is 377 g/mol. The van der Waals surface area contributed by atoms with Crippen LogP contribution in [0.1, 0.15) is 43.7 Å². The maximum atomic E-state index is 6.37. The molecule has 1 aromatic heterocycles. The first-order valence-corrected chi connectivity index (χ1v) is 9.48. The molecule has 0 atom stereocenters. The molecule has 132 valence electrons. The molecule has 2 N–H and O–H groups in total. The average molecular weight is 397 g/mol. The lowest BCUT2D eigenvalue weighted by Crippen LogP contribution is -1.97. The summed E-state index contributed by atoms with van der Waals surface area (Å²) in [5, 5.41) is 5.06. The zero-order chi connectivity index (χ0) is 18.1. The first-order chi connectivity index (χ1) is 11.9. The maximum absolute atomic E-state index is 6.37. The molecule has 0 spiro atoms. The predicted octanol–water partition coefficient (Wildman–Crippen LogP) is 7.48. The molecule has 0 saturated carbocycles. The Balaban J connectivity index is 2.07. The summed E-state index contributed by atoms with van der Waals surface area (Å²) in [5.41, 5.74) is 4.72. The number of imidazole rings is 1. The number of aromatic nitrogens is 2. The Kier molecular flexibility index (Phi) is 5.47. The Labute approximate surface area is 162 Å². The highest BCUT2D eigenvalue weighted by atomic mass is 35.5. The zero-order valence-electron chi connectivity index (χ0n) is 14.4. The average Bonchev–Trinajstić information content (AvgIpc) is 2.99. The number of nitrogens with one attached hydrogen (secondary N) is 2. The summed E-state index contributed by atoms with van der Waals surface area (Å²) in [4.78, 5) is 8.01. The van der Waals surface area contributed by atoms with Crippen LogP contribution >= 0.6 is 34.8 Å². The van der Waals surface area contributed by atoms with E-state index < -0.39 is 0 Å². The van der Waals surface area contributed by atoms with Gasteiger partial charge in [0.2, 0.25) is 5.95 Å². The normalized spacial score (nSPS) is 11.5. The number of nitrogens with zero attached hydrogens (tertiary/aromatic N) is 1. The van der Waals surface area contributed by atoms with Gasteiger partial charge in [-0.15, -0.1) is 0 Å². The van der Waals surface area contributed by atoms with Gasteiger partial charge in [0.1, 0.15) is 5.52 Å². The van der Waals surface area contributed by atoms with Crippen LogP contribution in [-0.2, 0) is 0 Å². The van der Waals surface area contributed by atoms with E-state index in [0.717, 1.165) is 35.1 Å². The lowest BCUT2D eigenvalue weighted by atomic mass is 9.93. The van der Waals surface area contributed by atoms with Crippen molar-refractivity contribution in [1.29, 1.82) is 0 Å². The van der Waals surface area contributed by atoms with Crippen molar-refractivity contribution in [3.05, 3.63) is 50.5 Å². The number of halogens is 3. The van der Waals surface area contributed by atoms with Gasteiger partial charge in [0.15, 0.2) is 0 Å². The van der Waals surface area contributed by atoms with Crippen LogP contribution in [0.3, 0.4) is 0 Å². The molecule has 0 saturated heterocycles. The summed E-state index contributed by atoms with van der Waals surface area (Å²) in [5.74, 6) is 1.08. The Morgan fingerprint density at radius 3 is 2.44 bits per heavy atom. The van der Waals surface area contributed by atoms with E-state index >= 15 is 0 Å². The fraction of sp³-hybridized carbons (Fsp3) is 0.316. The van der Waals surface area contributed by atoms with Gasteiger partial charge < -0.3 is 10.3 Å². The second-order valence-electron chi connectivity index (χ2n) is 6.16. The van der Waals surface area contributed by atoms with E-state index in [-0.39, 0.29) is 0 Å². The topological polar surface area (TPSA) is 40.7 Å². The van der Waals surface area contributed by atoms with Gasteiger partial charge in [0.05, 0.1) is 21.2 Å². The van der Waals surface area contributed by atoms with Crippen molar-refractivity contribution < 1.29 is 0 Å². The monoisotopic (exact) mass is 395 g/mol. The van der Waals surface area contributed by atoms with Gasteiger partial charge in [-0.25, -0.2) is 4.98 Å². The largest absolute Gasteiger partial charge is 0.324 e. The third-order valence-electron chi connectivity index (χ3n) is 4.55. The van der Waals surface area contributed by atoms with Gasteiger partial charge in [-0.3, -0.25) is 0 Å². The number of hydrogen-bond donors (Lipinski definition) is 2. The first kappa shape index (κ1) is 18.4. The SMILES string of the molecule is CCC(CC)c1ccc(Cl)c2nc(Nc3c(C)cc(Cl)cc3Cl)[nH]c12. The summed E-state index contributed by atoms with van der Waals surface area (Å²) < 4.78 is 0. The van der Waals surface area contributed by atoms with Crippen molar-refractivity contribution in [3.63, 3.8) is 0 Å². The fourth-order valence-electron chi connectivity index (χ4n) is 3.19. The molecule has 6 heteroatoms. The van der Waals surface area contributed by atoms with E-state index in [1.807, 2.05) is 19.1 Å². The number of hydrogen-bond acceptors (Lipinski definition) is 2. The molecular formula is C19H20Cl3N3. The van der Waals surface area contributed by atoms with Gasteiger partial charge in [-0.1, -0.05) is 54.7 Å². The quantitative estimate of drug-likeness (QED) is 0.469. The van der Waals surface area contributed by atoms with Crippen molar-refractivity contribution in [2.75, 3.05) is 5.32 Å². The summed E-state index contributed by atoms with van der Waals surface area (Å²) in [6.07, 6.45) is 2.13. The molecule has 0 aliphatic carbocycles. The van der Waals surface area contributed by atoms with E-state index in [1.165, 1.54) is 5.56 Å². The zero-order valence-corrected chi connectivity index (χ0v) is 16.6. The van der Waals surface area contributed by atoms with E-state index in [1.54, 1.807) is 6.07 Å². The summed E-state index contributed by atoms with van der Waals surface area (Å²) in [6.45, 7) is 6.34. The van der Waals surface area contributed by atoms with Crippen LogP contribution in [0.15, 0.2) is 24.3 Å². The smallest absolute Gasteiger partial charge is 0.205 e. The number of aromatic amines is 1. The van der Waals surface area contributed by atoms with Gasteiger partial charge in [0, 0.05) is 5.02 Å². The minimum Gasteiger partial charge on any atom is -0.324 e. The number of benzene rings is 2. The summed E-state index contributed by atoms with van der Waals surface area (Å²) in [6, 6.07) is 7.58. The van der Waals surface area contributed by atoms with Gasteiger partial charge in [0.25, 0.3) is 0 Å². The molecule has 0 amide bonds. The number of anilines is 2. The fourth-order valence-corrected chi connectivity index (χ4v) is 4.03. The Hall–Kier alpha value is -1.42. The maximum Gasteiger partial charge on any atom is 0.205 e. The molecule has 0 fully saturated rings. The molecule has 1 heterocycles. The molecule has 0 unspecified atom stereocenters. The van der Waals surface area contributed by atoms with Crippen molar-refractivity contribution in [1.82, 2.24) is 9.97 Å². The standard InChI is InChI=1S/C19H20Cl3N3/c1-4-11(5-2)13-6-7-14(21)18-17(13)24-19(25-18)23-16-10(3)8-12(20)9-15(16)22/h6-9,11H,4-5H2,1-3H3,(H2,23,24,25). The van der Waals surface area contributed by atoms with E-state index in [0.29, 0.717) is 26.9 Å². The third-order valence-corrected chi connectivity index (χ3v) is 5.37. The highest BCUT2D eigenvalue weighted by molar-refractivity contribution is 6.37. The highest BCUT2D eigenvalue weighted by Crippen LogP contribution is 2.35. The van der Waals surface area contributed by atoms with Crippen molar-refractivity contribution in [3.8, 4) is 0 Å². The van der Waals surface area contributed by atoms with Crippen LogP contribution in [0, 0.1) is 6.92 Å². The van der Waals surface area contributed by atoms with Crippen molar-refractivity contribution >= 4 is 57.5 Å².